The maximum atomic E-state index is 17.4. The Kier molecular flexibility index (Phi) is 6.76. The van der Waals surface area contributed by atoms with Gasteiger partial charge in [0.05, 0.1) is 0 Å². The van der Waals surface area contributed by atoms with E-state index >= 15 is 8.78 Å². The van der Waals surface area contributed by atoms with E-state index in [0.717, 1.165) is 38.5 Å². The fraction of sp³-hybridized carbons (Fsp3) is 1.00. The Morgan fingerprint density at radius 2 is 0.632 bits per heavy atom. The van der Waals surface area contributed by atoms with Gasteiger partial charge in [-0.2, -0.15) is 0 Å². The van der Waals surface area contributed by atoms with E-state index in [9.17, 15) is 0 Å². The highest BCUT2D eigenvalue weighted by Crippen LogP contribution is 2.85. The summed E-state index contributed by atoms with van der Waals surface area (Å²) in [6.45, 7) is 9.26. The number of hydrogen-bond donors (Lipinski definition) is 0. The van der Waals surface area contributed by atoms with Crippen LogP contribution < -0.4 is 0 Å². The quantitative estimate of drug-likeness (QED) is 0.222. The molecule has 4 unspecified atom stereocenters. The molecule has 0 amide bonds. The molecule has 0 N–H and O–H groups in total. The predicted molar refractivity (Wildman–Crippen MR) is 156 cm³/mol. The van der Waals surface area contributed by atoms with Crippen molar-refractivity contribution < 1.29 is 8.78 Å². The molecule has 0 aromatic heterocycles. The first kappa shape index (κ1) is 28.0. The van der Waals surface area contributed by atoms with Crippen molar-refractivity contribution in [1.82, 2.24) is 0 Å². The van der Waals surface area contributed by atoms with Gasteiger partial charge in [0.1, 0.15) is 11.3 Å². The zero-order valence-electron chi connectivity index (χ0n) is 25.7. The largest absolute Gasteiger partial charge is 0.244 e. The Balaban J connectivity index is 1.46. The Morgan fingerprint density at radius 1 is 0.368 bits per heavy atom. The maximum absolute atomic E-state index is 17.4. The summed E-state index contributed by atoms with van der Waals surface area (Å²) in [6, 6.07) is 0. The van der Waals surface area contributed by atoms with Gasteiger partial charge in [0, 0.05) is 0 Å². The molecular weight excluding hydrogens is 470 g/mol. The highest BCUT2D eigenvalue weighted by Gasteiger charge is 2.78. The molecule has 38 heavy (non-hydrogen) atoms. The van der Waals surface area contributed by atoms with E-state index in [0.29, 0.717) is 0 Å². The molecule has 8 rings (SSSR count). The normalized spacial score (nSPS) is 52.3. The fourth-order valence-electron chi connectivity index (χ4n) is 14.3. The van der Waals surface area contributed by atoms with Crippen LogP contribution in [0.15, 0.2) is 0 Å². The monoisotopic (exact) mass is 530 g/mol. The smallest absolute Gasteiger partial charge is 0.112 e. The SMILES string of the molecule is CCCCC12CC3(F)CC(CCCC)(C1)CC(C14CC5(F)CC(CCCC)(CC(CCCC)(C5)C1)C4)(C3)C2. The molecule has 0 aromatic carbocycles. The van der Waals surface area contributed by atoms with Crippen molar-refractivity contribution in [2.45, 2.75) is 193 Å². The van der Waals surface area contributed by atoms with Crippen molar-refractivity contribution in [1.29, 1.82) is 0 Å². The lowest BCUT2D eigenvalue weighted by Crippen LogP contribution is -2.72. The predicted octanol–water partition coefficient (Wildman–Crippen LogP) is 11.8. The van der Waals surface area contributed by atoms with Gasteiger partial charge in [-0.15, -0.1) is 0 Å². The molecule has 0 saturated heterocycles. The maximum Gasteiger partial charge on any atom is 0.112 e. The van der Waals surface area contributed by atoms with Gasteiger partial charge in [0.25, 0.3) is 0 Å². The number of hydrogen-bond acceptors (Lipinski definition) is 0. The molecule has 8 bridgehead atoms. The minimum Gasteiger partial charge on any atom is -0.244 e. The van der Waals surface area contributed by atoms with Crippen molar-refractivity contribution >= 4 is 0 Å². The second-order valence-corrected chi connectivity index (χ2v) is 17.4. The minimum atomic E-state index is -0.990. The Bertz CT molecular complexity index is 768. The number of alkyl halides is 2. The third-order valence-corrected chi connectivity index (χ3v) is 13.8. The molecule has 8 saturated carbocycles. The number of rotatable bonds is 13. The van der Waals surface area contributed by atoms with Crippen LogP contribution in [0.4, 0.5) is 8.78 Å². The summed E-state index contributed by atoms with van der Waals surface area (Å²) < 4.78 is 34.7. The third-order valence-electron chi connectivity index (χ3n) is 13.8. The van der Waals surface area contributed by atoms with Gasteiger partial charge in [0.2, 0.25) is 0 Å². The first-order valence-electron chi connectivity index (χ1n) is 17.4. The molecule has 0 heterocycles. The van der Waals surface area contributed by atoms with E-state index in [1.807, 2.05) is 0 Å². The molecule has 2 heteroatoms. The van der Waals surface area contributed by atoms with E-state index in [-0.39, 0.29) is 32.5 Å². The average Bonchev–Trinajstić information content (AvgIpc) is 2.81. The van der Waals surface area contributed by atoms with Crippen molar-refractivity contribution in [3.05, 3.63) is 0 Å². The summed E-state index contributed by atoms with van der Waals surface area (Å²) >= 11 is 0. The lowest BCUT2D eigenvalue weighted by molar-refractivity contribution is -0.311. The molecule has 0 aliphatic heterocycles. The second kappa shape index (κ2) is 9.18. The second-order valence-electron chi connectivity index (χ2n) is 17.4. The molecule has 0 spiro atoms. The van der Waals surface area contributed by atoms with Gasteiger partial charge in [0.15, 0.2) is 0 Å². The third kappa shape index (κ3) is 4.28. The van der Waals surface area contributed by atoms with Crippen LogP contribution in [0.2, 0.25) is 0 Å². The van der Waals surface area contributed by atoms with Gasteiger partial charge < -0.3 is 0 Å². The van der Waals surface area contributed by atoms with E-state index in [4.69, 9.17) is 0 Å². The van der Waals surface area contributed by atoms with E-state index in [1.165, 1.54) is 116 Å². The summed E-state index contributed by atoms with van der Waals surface area (Å²) in [5.41, 5.74) is -1.13. The molecule has 0 radical (unpaired) electrons. The molecule has 8 aliphatic carbocycles. The average molecular weight is 531 g/mol. The van der Waals surface area contributed by atoms with E-state index in [2.05, 4.69) is 27.7 Å². The minimum absolute atomic E-state index is 0.0471. The molecule has 8 fully saturated rings. The van der Waals surface area contributed by atoms with E-state index in [1.54, 1.807) is 0 Å². The van der Waals surface area contributed by atoms with E-state index < -0.39 is 11.3 Å². The van der Waals surface area contributed by atoms with Gasteiger partial charge in [-0.05, 0) is 135 Å². The van der Waals surface area contributed by atoms with Crippen molar-refractivity contribution in [3.63, 3.8) is 0 Å². The van der Waals surface area contributed by atoms with Crippen molar-refractivity contribution in [2.24, 2.45) is 32.5 Å². The van der Waals surface area contributed by atoms with Gasteiger partial charge >= 0.3 is 0 Å². The molecule has 4 atom stereocenters. The Labute approximate surface area is 234 Å². The molecule has 0 nitrogen and oxygen atoms in total. The lowest BCUT2D eigenvalue weighted by Gasteiger charge is -2.79. The first-order chi connectivity index (χ1) is 18.0. The molecule has 218 valence electrons. The van der Waals surface area contributed by atoms with Crippen molar-refractivity contribution in [3.8, 4) is 0 Å². The van der Waals surface area contributed by atoms with Gasteiger partial charge in [-0.3, -0.25) is 0 Å². The zero-order chi connectivity index (χ0) is 27.0. The van der Waals surface area contributed by atoms with Crippen LogP contribution >= 0.6 is 0 Å². The highest BCUT2D eigenvalue weighted by molar-refractivity contribution is 5.28. The summed E-state index contributed by atoms with van der Waals surface area (Å²) in [5, 5.41) is 0. The van der Waals surface area contributed by atoms with Gasteiger partial charge in [-0.25, -0.2) is 8.78 Å². The van der Waals surface area contributed by atoms with Crippen LogP contribution in [0.1, 0.15) is 182 Å². The lowest BCUT2D eigenvalue weighted by atomic mass is 9.26. The topological polar surface area (TPSA) is 0 Å². The van der Waals surface area contributed by atoms with Crippen LogP contribution in [-0.2, 0) is 0 Å². The summed E-state index contributed by atoms with van der Waals surface area (Å²) in [4.78, 5) is 0. The number of unbranched alkanes of at least 4 members (excludes halogenated alkanes) is 4. The van der Waals surface area contributed by atoms with Crippen molar-refractivity contribution in [2.75, 3.05) is 0 Å². The number of halogens is 2. The fourth-order valence-corrected chi connectivity index (χ4v) is 14.3. The summed E-state index contributed by atoms with van der Waals surface area (Å²) in [7, 11) is 0. The standard InChI is InChI=1S/C36H60F2/c1-5-9-13-29-17-30(14-10-6-2)20-33(19-29,27-35(37,23-29)24-30)34-21-31(15-11-7-3)18-32(22-34,16-12-8-4)26-36(38,25-31)28-34/h5-28H2,1-4H3. The van der Waals surface area contributed by atoms with Crippen LogP contribution in [-0.4, -0.2) is 11.3 Å². The van der Waals surface area contributed by atoms with Crippen LogP contribution in [0, 0.1) is 32.5 Å². The summed E-state index contributed by atoms with van der Waals surface area (Å²) in [5.74, 6) is 0. The first-order valence-corrected chi connectivity index (χ1v) is 17.4. The highest BCUT2D eigenvalue weighted by atomic mass is 19.1. The Morgan fingerprint density at radius 3 is 0.868 bits per heavy atom. The van der Waals surface area contributed by atoms with Crippen LogP contribution in [0.3, 0.4) is 0 Å². The Hall–Kier alpha value is -0.140. The molecular formula is C36H60F2. The molecule has 8 aliphatic rings. The van der Waals surface area contributed by atoms with Gasteiger partial charge in [-0.1, -0.05) is 79.1 Å². The van der Waals surface area contributed by atoms with Crippen LogP contribution in [0.5, 0.6) is 0 Å². The summed E-state index contributed by atoms with van der Waals surface area (Å²) in [6.07, 6.45) is 27.2. The van der Waals surface area contributed by atoms with Crippen LogP contribution in [0.25, 0.3) is 0 Å². The molecule has 0 aromatic rings. The zero-order valence-corrected chi connectivity index (χ0v) is 25.7.